The third-order valence-electron chi connectivity index (χ3n) is 4.59. The molecule has 3 aromatic rings. The number of benzene rings is 2. The Balaban J connectivity index is 1.72. The van der Waals surface area contributed by atoms with E-state index in [-0.39, 0.29) is 5.82 Å². The van der Waals surface area contributed by atoms with Crippen LogP contribution in [0.1, 0.15) is 12.8 Å². The lowest BCUT2D eigenvalue weighted by molar-refractivity contribution is 0.478. The maximum Gasteiger partial charge on any atom is 0.162 e. The third-order valence-corrected chi connectivity index (χ3v) is 4.59. The van der Waals surface area contributed by atoms with Crippen LogP contribution >= 0.6 is 0 Å². The zero-order chi connectivity index (χ0) is 17.8. The molecule has 2 N–H and O–H groups in total. The van der Waals surface area contributed by atoms with Crippen LogP contribution in [-0.4, -0.2) is 29.1 Å². The predicted octanol–water partition coefficient (Wildman–Crippen LogP) is 4.11. The Morgan fingerprint density at radius 3 is 2.35 bits per heavy atom. The van der Waals surface area contributed by atoms with Crippen LogP contribution < -0.4 is 10.6 Å². The van der Waals surface area contributed by atoms with Gasteiger partial charge in [-0.15, -0.1) is 0 Å². The van der Waals surface area contributed by atoms with Crippen molar-refractivity contribution in [2.75, 3.05) is 18.4 Å². The summed E-state index contributed by atoms with van der Waals surface area (Å²) < 4.78 is 13.3. The van der Waals surface area contributed by atoms with Gasteiger partial charge in [-0.05, 0) is 50.2 Å². The lowest BCUT2D eigenvalue weighted by Gasteiger charge is -2.24. The SMILES string of the molecule is Fc1ccc(-c2nc(NC3CCNCC3)cc(-c3ccccc3)n2)cc1. The zero-order valence-electron chi connectivity index (χ0n) is 14.5. The molecule has 5 heteroatoms. The molecule has 0 spiro atoms. The molecule has 4 nitrogen and oxygen atoms in total. The lowest BCUT2D eigenvalue weighted by Crippen LogP contribution is -2.35. The minimum Gasteiger partial charge on any atom is -0.367 e. The molecule has 26 heavy (non-hydrogen) atoms. The topological polar surface area (TPSA) is 49.8 Å². The maximum absolute atomic E-state index is 13.3. The number of hydrogen-bond acceptors (Lipinski definition) is 4. The quantitative estimate of drug-likeness (QED) is 0.745. The van der Waals surface area contributed by atoms with Crippen molar-refractivity contribution < 1.29 is 4.39 Å². The molecule has 0 saturated carbocycles. The molecule has 0 aliphatic carbocycles. The van der Waals surface area contributed by atoms with Crippen molar-refractivity contribution in [3.8, 4) is 22.6 Å². The van der Waals surface area contributed by atoms with E-state index in [1.807, 2.05) is 36.4 Å². The molecule has 0 amide bonds. The van der Waals surface area contributed by atoms with Crippen molar-refractivity contribution in [2.24, 2.45) is 0 Å². The van der Waals surface area contributed by atoms with Crippen LogP contribution in [0.5, 0.6) is 0 Å². The van der Waals surface area contributed by atoms with Gasteiger partial charge in [0.25, 0.3) is 0 Å². The summed E-state index contributed by atoms with van der Waals surface area (Å²) >= 11 is 0. The fourth-order valence-electron chi connectivity index (χ4n) is 3.18. The minimum absolute atomic E-state index is 0.263. The fraction of sp³-hybridized carbons (Fsp3) is 0.238. The van der Waals surface area contributed by atoms with Crippen LogP contribution in [0.25, 0.3) is 22.6 Å². The molecule has 1 fully saturated rings. The highest BCUT2D eigenvalue weighted by Gasteiger charge is 2.15. The first-order valence-corrected chi connectivity index (χ1v) is 8.96. The summed E-state index contributed by atoms with van der Waals surface area (Å²) in [4.78, 5) is 9.40. The van der Waals surface area contributed by atoms with Crippen LogP contribution in [-0.2, 0) is 0 Å². The molecular weight excluding hydrogens is 327 g/mol. The maximum atomic E-state index is 13.3. The normalized spacial score (nSPS) is 15.0. The van der Waals surface area contributed by atoms with E-state index in [0.717, 1.165) is 48.6 Å². The van der Waals surface area contributed by atoms with E-state index >= 15 is 0 Å². The second-order valence-electron chi connectivity index (χ2n) is 6.50. The largest absolute Gasteiger partial charge is 0.367 e. The van der Waals surface area contributed by atoms with Gasteiger partial charge >= 0.3 is 0 Å². The van der Waals surface area contributed by atoms with Gasteiger partial charge in [0.15, 0.2) is 5.82 Å². The van der Waals surface area contributed by atoms with Gasteiger partial charge in [0.05, 0.1) is 5.69 Å². The molecule has 2 aromatic carbocycles. The smallest absolute Gasteiger partial charge is 0.162 e. The summed E-state index contributed by atoms with van der Waals surface area (Å²) in [6, 6.07) is 18.7. The highest BCUT2D eigenvalue weighted by atomic mass is 19.1. The number of anilines is 1. The fourth-order valence-corrected chi connectivity index (χ4v) is 3.18. The summed E-state index contributed by atoms with van der Waals surface area (Å²) in [6.07, 6.45) is 2.13. The molecule has 1 saturated heterocycles. The van der Waals surface area contributed by atoms with Crippen LogP contribution in [0.4, 0.5) is 10.2 Å². The number of piperidine rings is 1. The Labute approximate surface area is 152 Å². The number of halogens is 1. The van der Waals surface area contributed by atoms with Crippen molar-refractivity contribution in [3.63, 3.8) is 0 Å². The second kappa shape index (κ2) is 7.62. The van der Waals surface area contributed by atoms with Crippen molar-refractivity contribution in [1.29, 1.82) is 0 Å². The molecule has 0 bridgehead atoms. The average Bonchev–Trinajstić information content (AvgIpc) is 2.70. The van der Waals surface area contributed by atoms with Crippen LogP contribution in [0, 0.1) is 5.82 Å². The number of nitrogens with one attached hydrogen (secondary N) is 2. The molecule has 2 heterocycles. The summed E-state index contributed by atoms with van der Waals surface area (Å²) in [7, 11) is 0. The Kier molecular flexibility index (Phi) is 4.88. The van der Waals surface area contributed by atoms with Gasteiger partial charge in [0.1, 0.15) is 11.6 Å². The van der Waals surface area contributed by atoms with Crippen molar-refractivity contribution in [1.82, 2.24) is 15.3 Å². The molecule has 0 atom stereocenters. The first-order valence-electron chi connectivity index (χ1n) is 8.96. The first kappa shape index (κ1) is 16.7. The summed E-state index contributed by atoms with van der Waals surface area (Å²) in [5, 5.41) is 6.92. The first-order chi connectivity index (χ1) is 12.8. The van der Waals surface area contributed by atoms with Crippen molar-refractivity contribution in [2.45, 2.75) is 18.9 Å². The predicted molar refractivity (Wildman–Crippen MR) is 102 cm³/mol. The second-order valence-corrected chi connectivity index (χ2v) is 6.50. The van der Waals surface area contributed by atoms with E-state index in [9.17, 15) is 4.39 Å². The average molecular weight is 348 g/mol. The third kappa shape index (κ3) is 3.89. The highest BCUT2D eigenvalue weighted by Crippen LogP contribution is 2.25. The van der Waals surface area contributed by atoms with E-state index < -0.39 is 0 Å². The molecule has 1 aliphatic heterocycles. The minimum atomic E-state index is -0.263. The van der Waals surface area contributed by atoms with Gasteiger partial charge in [-0.1, -0.05) is 30.3 Å². The van der Waals surface area contributed by atoms with Crippen molar-refractivity contribution in [3.05, 3.63) is 66.5 Å². The number of aromatic nitrogens is 2. The van der Waals surface area contributed by atoms with Crippen LogP contribution in [0.3, 0.4) is 0 Å². The number of hydrogen-bond donors (Lipinski definition) is 2. The lowest BCUT2D eigenvalue weighted by atomic mass is 10.1. The van der Waals surface area contributed by atoms with Crippen molar-refractivity contribution >= 4 is 5.82 Å². The highest BCUT2D eigenvalue weighted by molar-refractivity contribution is 5.67. The van der Waals surface area contributed by atoms with Gasteiger partial charge < -0.3 is 10.6 Å². The zero-order valence-corrected chi connectivity index (χ0v) is 14.5. The Bertz CT molecular complexity index is 859. The van der Waals surface area contributed by atoms with Gasteiger partial charge in [-0.3, -0.25) is 0 Å². The standard InChI is InChI=1S/C21H21FN4/c22-17-8-6-16(7-9-17)21-25-19(15-4-2-1-3-5-15)14-20(26-21)24-18-10-12-23-13-11-18/h1-9,14,18,23H,10-13H2,(H,24,25,26). The van der Waals surface area contributed by atoms with E-state index in [0.29, 0.717) is 11.9 Å². The van der Waals surface area contributed by atoms with Gasteiger partial charge in [-0.2, -0.15) is 0 Å². The summed E-state index contributed by atoms with van der Waals surface area (Å²) in [5.41, 5.74) is 2.69. The molecular formula is C21H21FN4. The number of rotatable bonds is 4. The Hall–Kier alpha value is -2.79. The summed E-state index contributed by atoms with van der Waals surface area (Å²) in [6.45, 7) is 2.03. The van der Waals surface area contributed by atoms with E-state index in [2.05, 4.69) is 15.6 Å². The molecule has 1 aromatic heterocycles. The monoisotopic (exact) mass is 348 g/mol. The molecule has 4 rings (SSSR count). The van der Waals surface area contributed by atoms with E-state index in [1.54, 1.807) is 12.1 Å². The molecule has 132 valence electrons. The van der Waals surface area contributed by atoms with Crippen LogP contribution in [0.2, 0.25) is 0 Å². The molecule has 0 unspecified atom stereocenters. The van der Waals surface area contributed by atoms with Gasteiger partial charge in [0.2, 0.25) is 0 Å². The Morgan fingerprint density at radius 2 is 1.62 bits per heavy atom. The summed E-state index contributed by atoms with van der Waals surface area (Å²) in [5.74, 6) is 1.15. The molecule has 1 aliphatic rings. The molecule has 0 radical (unpaired) electrons. The van der Waals surface area contributed by atoms with Gasteiger partial charge in [0, 0.05) is 23.2 Å². The van der Waals surface area contributed by atoms with E-state index in [4.69, 9.17) is 4.98 Å². The van der Waals surface area contributed by atoms with Gasteiger partial charge in [-0.25, -0.2) is 14.4 Å². The van der Waals surface area contributed by atoms with E-state index in [1.165, 1.54) is 12.1 Å². The Morgan fingerprint density at radius 1 is 0.885 bits per heavy atom. The van der Waals surface area contributed by atoms with Crippen LogP contribution in [0.15, 0.2) is 60.7 Å². The number of nitrogens with zero attached hydrogens (tertiary/aromatic N) is 2.